The Morgan fingerprint density at radius 3 is 1.71 bits per heavy atom. The van der Waals surface area contributed by atoms with Gasteiger partial charge in [-0.3, -0.25) is 4.79 Å². The number of anilines is 1. The molecule has 0 fully saturated rings. The molecule has 0 N–H and O–H groups in total. The van der Waals surface area contributed by atoms with Gasteiger partial charge in [0.25, 0.3) is 0 Å². The monoisotopic (exact) mass is 575 g/mol. The summed E-state index contributed by atoms with van der Waals surface area (Å²) in [6.07, 6.45) is 3.05. The van der Waals surface area contributed by atoms with E-state index >= 15 is 0 Å². The van der Waals surface area contributed by atoms with Crippen LogP contribution in [0.2, 0.25) is 0 Å². The van der Waals surface area contributed by atoms with Gasteiger partial charge >= 0.3 is 0 Å². The molecule has 0 atom stereocenters. The summed E-state index contributed by atoms with van der Waals surface area (Å²) in [5, 5.41) is 16.6. The van der Waals surface area contributed by atoms with E-state index in [1.54, 1.807) is 29.2 Å². The Bertz CT molecular complexity index is 1820. The minimum absolute atomic E-state index is 0.0653. The zero-order chi connectivity index (χ0) is 29.2. The van der Waals surface area contributed by atoms with Gasteiger partial charge in [-0.1, -0.05) is 34.7 Å². The molecule has 0 saturated carbocycles. The maximum absolute atomic E-state index is 14.2. The van der Waals surface area contributed by atoms with Crippen molar-refractivity contribution >= 4 is 16.9 Å². The van der Waals surface area contributed by atoms with E-state index < -0.39 is 23.3 Å². The van der Waals surface area contributed by atoms with Crippen molar-refractivity contribution in [2.45, 2.75) is 26.2 Å². The number of hydrogen-bond acceptors (Lipinski definition) is 7. The van der Waals surface area contributed by atoms with Crippen LogP contribution in [0.5, 0.6) is 0 Å². The average molecular weight is 576 g/mol. The standard InChI is InChI=1S/C29H21F4N7O2/c30-23-6-3-7-24(31)21(23)16-39-14-18(34-36-39)12-38(29-11-27(41)20-5-1-2-10-28(20)42-29)13-19-15-40(37-35-19)17-22-25(32)8-4-9-26(22)33/h1-11,14-15H,12-13,16-17H2. The molecule has 0 aliphatic carbocycles. The molecule has 0 saturated heterocycles. The number of hydrogen-bond donors (Lipinski definition) is 0. The minimum atomic E-state index is -0.704. The van der Waals surface area contributed by atoms with Crippen molar-refractivity contribution in [3.8, 4) is 0 Å². The van der Waals surface area contributed by atoms with Crippen LogP contribution in [-0.4, -0.2) is 30.0 Å². The number of fused-ring (bicyclic) bond motifs is 1. The van der Waals surface area contributed by atoms with Crippen LogP contribution in [0.15, 0.2) is 88.3 Å². The predicted molar refractivity (Wildman–Crippen MR) is 143 cm³/mol. The summed E-state index contributed by atoms with van der Waals surface area (Å²) in [4.78, 5) is 14.5. The zero-order valence-corrected chi connectivity index (χ0v) is 21.8. The number of para-hydroxylation sites is 1. The van der Waals surface area contributed by atoms with Crippen LogP contribution in [0.4, 0.5) is 23.4 Å². The van der Waals surface area contributed by atoms with Gasteiger partial charge in [-0.05, 0) is 36.4 Å². The van der Waals surface area contributed by atoms with Crippen LogP contribution in [0.25, 0.3) is 11.0 Å². The number of halogens is 4. The van der Waals surface area contributed by atoms with E-state index in [1.807, 2.05) is 0 Å². The minimum Gasteiger partial charge on any atom is -0.440 e. The maximum Gasteiger partial charge on any atom is 0.200 e. The van der Waals surface area contributed by atoms with E-state index in [4.69, 9.17) is 4.42 Å². The highest BCUT2D eigenvalue weighted by molar-refractivity contribution is 5.77. The largest absolute Gasteiger partial charge is 0.440 e. The second kappa shape index (κ2) is 11.3. The van der Waals surface area contributed by atoms with Gasteiger partial charge in [0, 0.05) is 17.2 Å². The molecule has 13 heteroatoms. The van der Waals surface area contributed by atoms with E-state index in [-0.39, 0.29) is 48.6 Å². The first kappa shape index (κ1) is 26.9. The molecule has 6 aromatic rings. The van der Waals surface area contributed by atoms with Crippen molar-refractivity contribution in [1.82, 2.24) is 30.0 Å². The summed E-state index contributed by atoms with van der Waals surface area (Å²) in [5.74, 6) is -2.62. The summed E-state index contributed by atoms with van der Waals surface area (Å²) in [7, 11) is 0. The quantitative estimate of drug-likeness (QED) is 0.228. The zero-order valence-electron chi connectivity index (χ0n) is 21.8. The molecule has 0 aliphatic rings. The number of nitrogens with zero attached hydrogens (tertiary/aromatic N) is 7. The Morgan fingerprint density at radius 1 is 0.690 bits per heavy atom. The van der Waals surface area contributed by atoms with Crippen LogP contribution >= 0.6 is 0 Å². The molecule has 9 nitrogen and oxygen atoms in total. The molecule has 3 heterocycles. The van der Waals surface area contributed by atoms with Gasteiger partial charge in [0.15, 0.2) is 5.43 Å². The van der Waals surface area contributed by atoms with Crippen LogP contribution < -0.4 is 10.3 Å². The lowest BCUT2D eigenvalue weighted by Gasteiger charge is -2.21. The molecule has 0 bridgehead atoms. The molecular formula is C29H21F4N7O2. The van der Waals surface area contributed by atoms with E-state index in [0.717, 1.165) is 24.3 Å². The molecule has 0 aliphatic heterocycles. The van der Waals surface area contributed by atoms with Crippen molar-refractivity contribution in [2.24, 2.45) is 0 Å². The van der Waals surface area contributed by atoms with Gasteiger partial charge in [0.05, 0.1) is 44.0 Å². The molecule has 212 valence electrons. The molecule has 3 aromatic carbocycles. The first-order valence-electron chi connectivity index (χ1n) is 12.8. The normalized spacial score (nSPS) is 11.3. The van der Waals surface area contributed by atoms with Crippen molar-refractivity contribution in [1.29, 1.82) is 0 Å². The summed E-state index contributed by atoms with van der Waals surface area (Å²) >= 11 is 0. The molecule has 6 rings (SSSR count). The second-order valence-corrected chi connectivity index (χ2v) is 9.52. The van der Waals surface area contributed by atoms with Gasteiger partial charge in [0.1, 0.15) is 40.2 Å². The Kier molecular flexibility index (Phi) is 7.21. The third kappa shape index (κ3) is 5.61. The number of benzene rings is 3. The third-order valence-corrected chi connectivity index (χ3v) is 6.57. The molecule has 0 radical (unpaired) electrons. The van der Waals surface area contributed by atoms with Gasteiger partial charge in [-0.2, -0.15) is 0 Å². The van der Waals surface area contributed by atoms with Gasteiger partial charge in [-0.25, -0.2) is 26.9 Å². The van der Waals surface area contributed by atoms with Crippen molar-refractivity contribution < 1.29 is 22.0 Å². The van der Waals surface area contributed by atoms with Gasteiger partial charge in [-0.15, -0.1) is 10.2 Å². The SMILES string of the molecule is O=c1cc(N(Cc2cn(Cc3c(F)cccc3F)nn2)Cc2cn(Cc3c(F)cccc3F)nn2)oc2ccccc12. The van der Waals surface area contributed by atoms with E-state index in [9.17, 15) is 22.4 Å². The van der Waals surface area contributed by atoms with Crippen LogP contribution in [0.3, 0.4) is 0 Å². The fourth-order valence-electron chi connectivity index (χ4n) is 4.52. The van der Waals surface area contributed by atoms with E-state index in [0.29, 0.717) is 22.4 Å². The van der Waals surface area contributed by atoms with Crippen molar-refractivity contribution in [3.05, 3.63) is 135 Å². The highest BCUT2D eigenvalue weighted by Crippen LogP contribution is 2.23. The smallest absolute Gasteiger partial charge is 0.200 e. The van der Waals surface area contributed by atoms with Crippen LogP contribution in [0.1, 0.15) is 22.5 Å². The highest BCUT2D eigenvalue weighted by Gasteiger charge is 2.19. The molecule has 0 unspecified atom stereocenters. The molecule has 0 spiro atoms. The third-order valence-electron chi connectivity index (χ3n) is 6.57. The summed E-state index contributed by atoms with van der Waals surface area (Å²) in [6, 6.07) is 15.3. The van der Waals surface area contributed by atoms with Gasteiger partial charge < -0.3 is 9.32 Å². The maximum atomic E-state index is 14.2. The topological polar surface area (TPSA) is 94.9 Å². The average Bonchev–Trinajstić information content (AvgIpc) is 3.61. The fourth-order valence-corrected chi connectivity index (χ4v) is 4.52. The lowest BCUT2D eigenvalue weighted by molar-refractivity contribution is 0.527. The molecule has 0 amide bonds. The Hall–Kier alpha value is -5.33. The fraction of sp³-hybridized carbons (Fsp3) is 0.138. The Morgan fingerprint density at radius 2 is 1.19 bits per heavy atom. The summed E-state index contributed by atoms with van der Waals surface area (Å²) in [5.41, 5.74) is 0.590. The van der Waals surface area contributed by atoms with Crippen LogP contribution in [0, 0.1) is 23.3 Å². The second-order valence-electron chi connectivity index (χ2n) is 9.52. The molecular weight excluding hydrogens is 554 g/mol. The number of rotatable bonds is 9. The van der Waals surface area contributed by atoms with Crippen molar-refractivity contribution in [3.63, 3.8) is 0 Å². The van der Waals surface area contributed by atoms with E-state index in [1.165, 1.54) is 40.0 Å². The Balaban J connectivity index is 1.29. The van der Waals surface area contributed by atoms with Crippen LogP contribution in [-0.2, 0) is 26.2 Å². The van der Waals surface area contributed by atoms with E-state index in [2.05, 4.69) is 20.6 Å². The first-order chi connectivity index (χ1) is 20.3. The Labute approximate surface area is 235 Å². The first-order valence-corrected chi connectivity index (χ1v) is 12.8. The lowest BCUT2D eigenvalue weighted by Crippen LogP contribution is -2.24. The van der Waals surface area contributed by atoms with Crippen molar-refractivity contribution in [2.75, 3.05) is 4.90 Å². The molecule has 42 heavy (non-hydrogen) atoms. The summed E-state index contributed by atoms with van der Waals surface area (Å²) in [6.45, 7) is -0.235. The molecule has 3 aromatic heterocycles. The van der Waals surface area contributed by atoms with Gasteiger partial charge in [0.2, 0.25) is 5.88 Å². The predicted octanol–water partition coefficient (Wildman–Crippen LogP) is 4.84. The number of aromatic nitrogens is 6. The lowest BCUT2D eigenvalue weighted by atomic mass is 10.2. The summed E-state index contributed by atoms with van der Waals surface area (Å²) < 4.78 is 65.3. The highest BCUT2D eigenvalue weighted by atomic mass is 19.1.